The fourth-order valence-electron chi connectivity index (χ4n) is 3.13. The Balaban J connectivity index is 1.73. The molecule has 0 saturated carbocycles. The summed E-state index contributed by atoms with van der Waals surface area (Å²) in [6.45, 7) is 9.16. The molecule has 0 saturated heterocycles. The Morgan fingerprint density at radius 1 is 1.00 bits per heavy atom. The summed E-state index contributed by atoms with van der Waals surface area (Å²) in [5.74, 6) is -0.164. The Hall–Kier alpha value is -3.14. The van der Waals surface area contributed by atoms with Crippen LogP contribution >= 0.6 is 0 Å². The molecule has 2 aromatic carbocycles. The first kappa shape index (κ1) is 19.6. The van der Waals surface area contributed by atoms with Crippen LogP contribution < -0.4 is 10.6 Å². The first-order valence-electron chi connectivity index (χ1n) is 9.48. The van der Waals surface area contributed by atoms with Crippen molar-refractivity contribution in [2.24, 2.45) is 0 Å². The van der Waals surface area contributed by atoms with Crippen LogP contribution in [0.4, 0.5) is 11.4 Å². The number of para-hydroxylation sites is 1. The molecule has 0 fully saturated rings. The van der Waals surface area contributed by atoms with E-state index in [1.807, 2.05) is 36.4 Å². The fraction of sp³-hybridized carbons (Fsp3) is 0.250. The third-order valence-corrected chi connectivity index (χ3v) is 4.56. The topological polar surface area (TPSA) is 54.0 Å². The Morgan fingerprint density at radius 2 is 1.79 bits per heavy atom. The number of hydrogen-bond acceptors (Lipinski definition) is 3. The van der Waals surface area contributed by atoms with Crippen molar-refractivity contribution in [3.05, 3.63) is 89.2 Å². The normalized spacial score (nSPS) is 11.1. The van der Waals surface area contributed by atoms with Gasteiger partial charge in [-0.15, -0.1) is 0 Å². The van der Waals surface area contributed by atoms with Crippen LogP contribution in [0.3, 0.4) is 0 Å². The Kier molecular flexibility index (Phi) is 5.78. The molecule has 0 radical (unpaired) electrons. The van der Waals surface area contributed by atoms with Crippen LogP contribution in [0.25, 0.3) is 0 Å². The zero-order valence-corrected chi connectivity index (χ0v) is 16.9. The van der Waals surface area contributed by atoms with Crippen molar-refractivity contribution in [1.82, 2.24) is 4.98 Å². The highest BCUT2D eigenvalue weighted by molar-refractivity contribution is 6.05. The number of pyridine rings is 1. The summed E-state index contributed by atoms with van der Waals surface area (Å²) in [6, 6.07) is 18.1. The van der Waals surface area contributed by atoms with E-state index in [0.29, 0.717) is 12.1 Å². The maximum Gasteiger partial charge on any atom is 0.257 e. The summed E-state index contributed by atoms with van der Waals surface area (Å²) in [6.07, 6.45) is 3.32. The van der Waals surface area contributed by atoms with Gasteiger partial charge in [-0.2, -0.15) is 0 Å². The average Bonchev–Trinajstić information content (AvgIpc) is 2.66. The van der Waals surface area contributed by atoms with E-state index in [4.69, 9.17) is 0 Å². The van der Waals surface area contributed by atoms with Crippen molar-refractivity contribution in [1.29, 1.82) is 0 Å². The lowest BCUT2D eigenvalue weighted by molar-refractivity contribution is 0.102. The highest BCUT2D eigenvalue weighted by atomic mass is 16.1. The van der Waals surface area contributed by atoms with E-state index >= 15 is 0 Å². The Labute approximate surface area is 167 Å². The molecular weight excluding hydrogens is 346 g/mol. The van der Waals surface area contributed by atoms with Crippen molar-refractivity contribution in [2.45, 2.75) is 39.7 Å². The van der Waals surface area contributed by atoms with Gasteiger partial charge in [0.15, 0.2) is 0 Å². The molecule has 0 aliphatic rings. The Bertz CT molecular complexity index is 973. The molecule has 1 heterocycles. The van der Waals surface area contributed by atoms with Gasteiger partial charge in [-0.25, -0.2) is 0 Å². The van der Waals surface area contributed by atoms with Crippen LogP contribution in [0.2, 0.25) is 0 Å². The number of amides is 1. The first-order chi connectivity index (χ1) is 13.3. The molecule has 0 atom stereocenters. The number of aryl methyl sites for hydroxylation is 1. The molecular formula is C24H27N3O. The minimum absolute atomic E-state index is 0.0562. The SMILES string of the molecule is Cc1cccc(CNc2cncc(C(=O)Nc3ccccc3C(C)(C)C)c2)c1. The monoisotopic (exact) mass is 373 g/mol. The second-order valence-corrected chi connectivity index (χ2v) is 8.05. The van der Waals surface area contributed by atoms with Gasteiger partial charge in [0.2, 0.25) is 0 Å². The second-order valence-electron chi connectivity index (χ2n) is 8.05. The smallest absolute Gasteiger partial charge is 0.257 e. The molecule has 1 aromatic heterocycles. The van der Waals surface area contributed by atoms with Crippen LogP contribution in [0, 0.1) is 6.92 Å². The van der Waals surface area contributed by atoms with Crippen LogP contribution in [0.15, 0.2) is 67.0 Å². The van der Waals surface area contributed by atoms with E-state index in [1.165, 1.54) is 11.1 Å². The third-order valence-electron chi connectivity index (χ3n) is 4.56. The molecule has 4 nitrogen and oxygen atoms in total. The van der Waals surface area contributed by atoms with Gasteiger partial charge >= 0.3 is 0 Å². The molecule has 2 N–H and O–H groups in total. The maximum absolute atomic E-state index is 12.8. The van der Waals surface area contributed by atoms with Crippen molar-refractivity contribution < 1.29 is 4.79 Å². The van der Waals surface area contributed by atoms with E-state index in [-0.39, 0.29) is 11.3 Å². The summed E-state index contributed by atoms with van der Waals surface area (Å²) >= 11 is 0. The van der Waals surface area contributed by atoms with Crippen molar-refractivity contribution in [2.75, 3.05) is 10.6 Å². The quantitative estimate of drug-likeness (QED) is 0.616. The average molecular weight is 374 g/mol. The molecule has 0 spiro atoms. The van der Waals surface area contributed by atoms with Crippen molar-refractivity contribution >= 4 is 17.3 Å². The largest absolute Gasteiger partial charge is 0.380 e. The lowest BCUT2D eigenvalue weighted by atomic mass is 9.86. The number of anilines is 2. The van der Waals surface area contributed by atoms with E-state index in [1.54, 1.807) is 12.4 Å². The molecule has 3 rings (SSSR count). The molecule has 0 bridgehead atoms. The molecule has 28 heavy (non-hydrogen) atoms. The van der Waals surface area contributed by atoms with Crippen LogP contribution in [0.1, 0.15) is 47.8 Å². The van der Waals surface area contributed by atoms with Crippen molar-refractivity contribution in [3.8, 4) is 0 Å². The van der Waals surface area contributed by atoms with Gasteiger partial charge in [-0.1, -0.05) is 68.8 Å². The highest BCUT2D eigenvalue weighted by Crippen LogP contribution is 2.29. The standard InChI is InChI=1S/C24H27N3O/c1-17-8-7-9-18(12-17)14-26-20-13-19(15-25-16-20)23(28)27-22-11-6-5-10-21(22)24(2,3)4/h5-13,15-16,26H,14H2,1-4H3,(H,27,28). The lowest BCUT2D eigenvalue weighted by Gasteiger charge is -2.23. The lowest BCUT2D eigenvalue weighted by Crippen LogP contribution is -2.19. The van der Waals surface area contributed by atoms with E-state index in [0.717, 1.165) is 16.9 Å². The van der Waals surface area contributed by atoms with E-state index < -0.39 is 0 Å². The van der Waals surface area contributed by atoms with Gasteiger partial charge in [0, 0.05) is 24.6 Å². The van der Waals surface area contributed by atoms with E-state index in [2.05, 4.69) is 61.5 Å². The molecule has 0 aliphatic carbocycles. The molecule has 1 amide bonds. The predicted octanol–water partition coefficient (Wildman–Crippen LogP) is 5.55. The van der Waals surface area contributed by atoms with Gasteiger partial charge < -0.3 is 10.6 Å². The van der Waals surface area contributed by atoms with Crippen LogP contribution in [-0.4, -0.2) is 10.9 Å². The predicted molar refractivity (Wildman–Crippen MR) is 116 cm³/mol. The summed E-state index contributed by atoms with van der Waals surface area (Å²) in [5, 5.41) is 6.38. The number of carbonyl (C=O) groups excluding carboxylic acids is 1. The second kappa shape index (κ2) is 8.26. The van der Waals surface area contributed by atoms with Gasteiger partial charge in [-0.3, -0.25) is 9.78 Å². The van der Waals surface area contributed by atoms with Gasteiger partial charge in [0.05, 0.1) is 11.3 Å². The number of nitrogens with zero attached hydrogens (tertiary/aromatic N) is 1. The molecule has 3 aromatic rings. The number of carbonyl (C=O) groups is 1. The van der Waals surface area contributed by atoms with E-state index in [9.17, 15) is 4.79 Å². The third kappa shape index (κ3) is 4.97. The minimum Gasteiger partial charge on any atom is -0.380 e. The highest BCUT2D eigenvalue weighted by Gasteiger charge is 2.19. The molecule has 0 aliphatic heterocycles. The number of rotatable bonds is 5. The maximum atomic E-state index is 12.8. The first-order valence-corrected chi connectivity index (χ1v) is 9.48. The number of nitrogens with one attached hydrogen (secondary N) is 2. The zero-order chi connectivity index (χ0) is 20.1. The zero-order valence-electron chi connectivity index (χ0n) is 16.9. The molecule has 144 valence electrons. The summed E-state index contributed by atoms with van der Waals surface area (Å²) < 4.78 is 0. The van der Waals surface area contributed by atoms with Crippen LogP contribution in [-0.2, 0) is 12.0 Å². The minimum atomic E-state index is -0.164. The number of hydrogen-bond donors (Lipinski definition) is 2. The fourth-order valence-corrected chi connectivity index (χ4v) is 3.13. The summed E-state index contributed by atoms with van der Waals surface area (Å²) in [4.78, 5) is 17.0. The van der Waals surface area contributed by atoms with Gasteiger partial charge in [-0.05, 0) is 35.6 Å². The number of aromatic nitrogens is 1. The summed E-state index contributed by atoms with van der Waals surface area (Å²) in [7, 11) is 0. The molecule has 0 unspecified atom stereocenters. The van der Waals surface area contributed by atoms with Crippen LogP contribution in [0.5, 0.6) is 0 Å². The molecule has 4 heteroatoms. The van der Waals surface area contributed by atoms with Gasteiger partial charge in [0.1, 0.15) is 0 Å². The Morgan fingerprint density at radius 3 is 2.54 bits per heavy atom. The number of benzene rings is 2. The van der Waals surface area contributed by atoms with Gasteiger partial charge in [0.25, 0.3) is 5.91 Å². The summed E-state index contributed by atoms with van der Waals surface area (Å²) in [5.41, 5.74) is 5.63. The van der Waals surface area contributed by atoms with Crippen molar-refractivity contribution in [3.63, 3.8) is 0 Å².